The van der Waals surface area contributed by atoms with E-state index in [1.807, 2.05) is 43.3 Å². The largest absolute Gasteiger partial charge is 0.497 e. The van der Waals surface area contributed by atoms with Crippen molar-refractivity contribution in [2.24, 2.45) is 5.73 Å². The predicted molar refractivity (Wildman–Crippen MR) is 85.9 cm³/mol. The molecular weight excluding hydrogens is 298 g/mol. The van der Waals surface area contributed by atoms with E-state index >= 15 is 0 Å². The summed E-state index contributed by atoms with van der Waals surface area (Å²) in [4.78, 5) is 0.342. The van der Waals surface area contributed by atoms with Crippen LogP contribution in [0, 0.1) is 6.92 Å². The first kappa shape index (κ1) is 15.1. The fraction of sp³-hybridized carbons (Fsp3) is 0.294. The number of benzene rings is 2. The van der Waals surface area contributed by atoms with Gasteiger partial charge in [0.05, 0.1) is 17.3 Å². The summed E-state index contributed by atoms with van der Waals surface area (Å²) in [5.41, 5.74) is 8.03. The highest BCUT2D eigenvalue weighted by Gasteiger charge is 2.57. The second-order valence-corrected chi connectivity index (χ2v) is 7.80. The van der Waals surface area contributed by atoms with E-state index in [1.54, 1.807) is 19.2 Å². The Morgan fingerprint density at radius 2 is 1.59 bits per heavy atom. The monoisotopic (exact) mass is 317 g/mol. The topological polar surface area (TPSA) is 69.4 Å². The lowest BCUT2D eigenvalue weighted by Crippen LogP contribution is -2.15. The van der Waals surface area contributed by atoms with Crippen LogP contribution in [0.5, 0.6) is 5.75 Å². The molecule has 0 saturated heterocycles. The smallest absolute Gasteiger partial charge is 0.183 e. The first-order chi connectivity index (χ1) is 10.4. The average molecular weight is 317 g/mol. The lowest BCUT2D eigenvalue weighted by Gasteiger charge is -2.05. The van der Waals surface area contributed by atoms with E-state index in [2.05, 4.69) is 0 Å². The molecule has 2 N–H and O–H groups in total. The summed E-state index contributed by atoms with van der Waals surface area (Å²) >= 11 is 0. The number of hydrogen-bond donors (Lipinski definition) is 1. The Hall–Kier alpha value is -1.85. The summed E-state index contributed by atoms with van der Waals surface area (Å²) < 4.78 is 30.6. The van der Waals surface area contributed by atoms with Gasteiger partial charge in [-0.3, -0.25) is 0 Å². The Bertz CT molecular complexity index is 767. The van der Waals surface area contributed by atoms with Crippen LogP contribution in [0.2, 0.25) is 0 Å². The van der Waals surface area contributed by atoms with E-state index in [1.165, 1.54) is 0 Å². The molecule has 3 atom stereocenters. The van der Waals surface area contributed by atoms with Gasteiger partial charge in [-0.1, -0.05) is 29.8 Å². The van der Waals surface area contributed by atoms with Crippen LogP contribution in [0.3, 0.4) is 0 Å². The van der Waals surface area contributed by atoms with Crippen molar-refractivity contribution in [2.45, 2.75) is 29.0 Å². The van der Waals surface area contributed by atoms with E-state index in [0.29, 0.717) is 4.90 Å². The maximum atomic E-state index is 12.7. The van der Waals surface area contributed by atoms with Crippen LogP contribution in [0.4, 0.5) is 0 Å². The number of hydrogen-bond acceptors (Lipinski definition) is 4. The van der Waals surface area contributed by atoms with Crippen molar-refractivity contribution in [3.05, 3.63) is 59.7 Å². The molecule has 0 aromatic heterocycles. The highest BCUT2D eigenvalue weighted by Crippen LogP contribution is 2.47. The van der Waals surface area contributed by atoms with E-state index < -0.39 is 15.1 Å². The highest BCUT2D eigenvalue weighted by atomic mass is 32.2. The van der Waals surface area contributed by atoms with E-state index in [9.17, 15) is 8.42 Å². The number of ether oxygens (including phenoxy) is 1. The quantitative estimate of drug-likeness (QED) is 0.939. The molecule has 4 nitrogen and oxygen atoms in total. The molecule has 5 heteroatoms. The van der Waals surface area contributed by atoms with Gasteiger partial charge in [0.1, 0.15) is 5.75 Å². The van der Waals surface area contributed by atoms with Crippen molar-refractivity contribution in [2.75, 3.05) is 7.11 Å². The number of methoxy groups -OCH3 is 1. The molecular formula is C17H19NO3S. The predicted octanol–water partition coefficient (Wildman–Crippen LogP) is 2.27. The molecule has 0 unspecified atom stereocenters. The molecule has 0 radical (unpaired) electrons. The molecule has 0 bridgehead atoms. The third kappa shape index (κ3) is 2.51. The van der Waals surface area contributed by atoms with Crippen molar-refractivity contribution in [1.82, 2.24) is 0 Å². The SMILES string of the molecule is COc1ccc([C@@H]2[C@H](N)[C@@H]2S(=O)(=O)c2ccc(C)cc2)cc1. The summed E-state index contributed by atoms with van der Waals surface area (Å²) in [7, 11) is -1.80. The molecule has 0 spiro atoms. The molecule has 1 aliphatic carbocycles. The van der Waals surface area contributed by atoms with Crippen molar-refractivity contribution in [1.29, 1.82) is 0 Å². The molecule has 116 valence electrons. The fourth-order valence-corrected chi connectivity index (χ4v) is 4.87. The summed E-state index contributed by atoms with van der Waals surface area (Å²) in [5.74, 6) is 0.591. The van der Waals surface area contributed by atoms with Gasteiger partial charge in [0.2, 0.25) is 0 Å². The van der Waals surface area contributed by atoms with Gasteiger partial charge in [-0.15, -0.1) is 0 Å². The third-order valence-electron chi connectivity index (χ3n) is 4.22. The molecule has 3 rings (SSSR count). The van der Waals surface area contributed by atoms with Crippen LogP contribution in [0.1, 0.15) is 17.0 Å². The third-order valence-corrected chi connectivity index (χ3v) is 6.47. The standard InChI is InChI=1S/C17H19NO3S/c1-11-3-9-14(10-4-11)22(19,20)17-15(16(17)18)12-5-7-13(21-2)8-6-12/h3-10,15-17H,18H2,1-2H3/t15-,16+,17-/m1/s1. The van der Waals surface area contributed by atoms with Gasteiger partial charge < -0.3 is 10.5 Å². The molecule has 2 aromatic carbocycles. The lowest BCUT2D eigenvalue weighted by atomic mass is 10.1. The molecule has 0 amide bonds. The minimum Gasteiger partial charge on any atom is -0.497 e. The number of rotatable bonds is 4. The van der Waals surface area contributed by atoms with Gasteiger partial charge >= 0.3 is 0 Å². The molecule has 22 heavy (non-hydrogen) atoms. The normalized spacial score (nSPS) is 24.0. The minimum absolute atomic E-state index is 0.155. The molecule has 1 aliphatic rings. The first-order valence-corrected chi connectivity index (χ1v) is 8.70. The van der Waals surface area contributed by atoms with Crippen LogP contribution >= 0.6 is 0 Å². The maximum absolute atomic E-state index is 12.7. The number of nitrogens with two attached hydrogens (primary N) is 1. The van der Waals surface area contributed by atoms with Crippen molar-refractivity contribution in [3.8, 4) is 5.75 Å². The number of aryl methyl sites for hydroxylation is 1. The summed E-state index contributed by atoms with van der Waals surface area (Å²) in [6, 6.07) is 14.0. The zero-order valence-corrected chi connectivity index (χ0v) is 13.4. The Morgan fingerprint density at radius 1 is 1.00 bits per heavy atom. The van der Waals surface area contributed by atoms with Gasteiger partial charge in [0.15, 0.2) is 9.84 Å². The van der Waals surface area contributed by atoms with Crippen LogP contribution in [0.25, 0.3) is 0 Å². The van der Waals surface area contributed by atoms with E-state index in [4.69, 9.17) is 10.5 Å². The van der Waals surface area contributed by atoms with E-state index in [0.717, 1.165) is 16.9 Å². The van der Waals surface area contributed by atoms with Crippen LogP contribution in [-0.4, -0.2) is 26.8 Å². The Morgan fingerprint density at radius 3 is 2.14 bits per heavy atom. The molecule has 0 aliphatic heterocycles. The maximum Gasteiger partial charge on any atom is 0.183 e. The van der Waals surface area contributed by atoms with Gasteiger partial charge in [-0.25, -0.2) is 8.42 Å². The highest BCUT2D eigenvalue weighted by molar-refractivity contribution is 7.92. The zero-order chi connectivity index (χ0) is 15.9. The molecule has 1 saturated carbocycles. The number of sulfone groups is 1. The first-order valence-electron chi connectivity index (χ1n) is 7.15. The van der Waals surface area contributed by atoms with Crippen molar-refractivity contribution >= 4 is 9.84 Å². The summed E-state index contributed by atoms with van der Waals surface area (Å²) in [5, 5.41) is -0.552. The van der Waals surface area contributed by atoms with Crippen LogP contribution in [0.15, 0.2) is 53.4 Å². The van der Waals surface area contributed by atoms with E-state index in [-0.39, 0.29) is 12.0 Å². The second-order valence-electron chi connectivity index (χ2n) is 5.70. The lowest BCUT2D eigenvalue weighted by molar-refractivity contribution is 0.414. The minimum atomic E-state index is -3.40. The molecule has 2 aromatic rings. The van der Waals surface area contributed by atoms with Gasteiger partial charge in [-0.2, -0.15) is 0 Å². The zero-order valence-electron chi connectivity index (χ0n) is 12.6. The second kappa shape index (κ2) is 5.41. The molecule has 1 fully saturated rings. The van der Waals surface area contributed by atoms with Crippen LogP contribution in [-0.2, 0) is 9.84 Å². The van der Waals surface area contributed by atoms with Gasteiger partial charge in [0.25, 0.3) is 0 Å². The van der Waals surface area contributed by atoms with Gasteiger partial charge in [-0.05, 0) is 36.8 Å². The van der Waals surface area contributed by atoms with Gasteiger partial charge in [0, 0.05) is 12.0 Å². The molecule has 0 heterocycles. The Kier molecular flexibility index (Phi) is 3.70. The van der Waals surface area contributed by atoms with Crippen molar-refractivity contribution in [3.63, 3.8) is 0 Å². The summed E-state index contributed by atoms with van der Waals surface area (Å²) in [6.45, 7) is 1.93. The van der Waals surface area contributed by atoms with Crippen LogP contribution < -0.4 is 10.5 Å². The fourth-order valence-electron chi connectivity index (χ4n) is 2.83. The van der Waals surface area contributed by atoms with Crippen molar-refractivity contribution < 1.29 is 13.2 Å². The average Bonchev–Trinajstić information content (AvgIpc) is 3.20. The Balaban J connectivity index is 1.87. The summed E-state index contributed by atoms with van der Waals surface area (Å²) in [6.07, 6.45) is 0. The Labute approximate surface area is 130 Å².